The third-order valence-electron chi connectivity index (χ3n) is 3.66. The largest absolute Gasteiger partial charge is 0.394 e. The predicted molar refractivity (Wildman–Crippen MR) is 72.1 cm³/mol. The second-order valence-electron chi connectivity index (χ2n) is 4.89. The maximum atomic E-state index is 12.4. The van der Waals surface area contributed by atoms with E-state index in [2.05, 4.69) is 0 Å². The van der Waals surface area contributed by atoms with Crippen LogP contribution in [0.4, 0.5) is 0 Å². The summed E-state index contributed by atoms with van der Waals surface area (Å²) in [6.07, 6.45) is 1.81. The summed E-state index contributed by atoms with van der Waals surface area (Å²) in [6.45, 7) is 4.67. The summed E-state index contributed by atoms with van der Waals surface area (Å²) in [5.74, 6) is -0.0698. The van der Waals surface area contributed by atoms with E-state index in [4.69, 9.17) is 11.6 Å². The second-order valence-corrected chi connectivity index (χ2v) is 5.30. The first kappa shape index (κ1) is 13.4. The van der Waals surface area contributed by atoms with Crippen molar-refractivity contribution in [3.63, 3.8) is 0 Å². The normalized spacial score (nSPS) is 19.3. The Bertz CT molecular complexity index is 473. The number of halogens is 1. The van der Waals surface area contributed by atoms with Crippen molar-refractivity contribution in [2.75, 3.05) is 13.2 Å². The molecule has 1 saturated heterocycles. The molecule has 18 heavy (non-hydrogen) atoms. The molecule has 1 amide bonds. The van der Waals surface area contributed by atoms with Gasteiger partial charge < -0.3 is 10.0 Å². The van der Waals surface area contributed by atoms with E-state index in [-0.39, 0.29) is 18.6 Å². The van der Waals surface area contributed by atoms with Crippen LogP contribution in [0.15, 0.2) is 12.1 Å². The van der Waals surface area contributed by atoms with Crippen LogP contribution >= 0.6 is 11.6 Å². The number of aryl methyl sites for hydroxylation is 2. The number of aliphatic hydroxyl groups excluding tert-OH is 1. The first-order valence-corrected chi connectivity index (χ1v) is 6.61. The number of aliphatic hydroxyl groups is 1. The molecule has 0 aliphatic carbocycles. The average molecular weight is 268 g/mol. The fourth-order valence-electron chi connectivity index (χ4n) is 2.39. The third kappa shape index (κ3) is 2.38. The van der Waals surface area contributed by atoms with Crippen molar-refractivity contribution in [3.05, 3.63) is 33.8 Å². The maximum absolute atomic E-state index is 12.4. The summed E-state index contributed by atoms with van der Waals surface area (Å²) in [5, 5.41) is 9.77. The Labute approximate surface area is 112 Å². The van der Waals surface area contributed by atoms with Crippen LogP contribution in [0, 0.1) is 13.8 Å². The van der Waals surface area contributed by atoms with Gasteiger partial charge in [0, 0.05) is 6.54 Å². The molecular weight excluding hydrogens is 250 g/mol. The number of likely N-dealkylation sites (tertiary alicyclic amines) is 1. The van der Waals surface area contributed by atoms with Crippen LogP contribution in [0.5, 0.6) is 0 Å². The highest BCUT2D eigenvalue weighted by atomic mass is 35.5. The zero-order chi connectivity index (χ0) is 13.3. The van der Waals surface area contributed by atoms with E-state index in [9.17, 15) is 9.90 Å². The van der Waals surface area contributed by atoms with Crippen molar-refractivity contribution < 1.29 is 9.90 Å². The Kier molecular flexibility index (Phi) is 3.93. The number of carbonyl (C=O) groups excluding carboxylic acids is 1. The fraction of sp³-hybridized carbons (Fsp3) is 0.500. The molecule has 1 aliphatic heterocycles. The maximum Gasteiger partial charge on any atom is 0.255 e. The third-order valence-corrected chi connectivity index (χ3v) is 3.98. The van der Waals surface area contributed by atoms with E-state index < -0.39 is 0 Å². The minimum Gasteiger partial charge on any atom is -0.394 e. The van der Waals surface area contributed by atoms with Gasteiger partial charge in [0.2, 0.25) is 0 Å². The Morgan fingerprint density at radius 3 is 2.78 bits per heavy atom. The molecule has 0 saturated carbocycles. The molecule has 3 nitrogen and oxygen atoms in total. The van der Waals surface area contributed by atoms with Gasteiger partial charge in [-0.3, -0.25) is 4.79 Å². The molecular formula is C14H18ClNO2. The zero-order valence-electron chi connectivity index (χ0n) is 10.7. The molecule has 1 unspecified atom stereocenters. The number of carbonyl (C=O) groups is 1. The summed E-state index contributed by atoms with van der Waals surface area (Å²) in [5.41, 5.74) is 2.68. The van der Waals surface area contributed by atoms with Crippen molar-refractivity contribution >= 4 is 17.5 Å². The van der Waals surface area contributed by atoms with Crippen molar-refractivity contribution in [2.45, 2.75) is 32.7 Å². The van der Waals surface area contributed by atoms with E-state index in [1.165, 1.54) is 0 Å². The molecule has 4 heteroatoms. The van der Waals surface area contributed by atoms with E-state index >= 15 is 0 Å². The molecule has 1 aromatic carbocycles. The van der Waals surface area contributed by atoms with Gasteiger partial charge in [-0.2, -0.15) is 0 Å². The Morgan fingerprint density at radius 2 is 2.11 bits per heavy atom. The van der Waals surface area contributed by atoms with Crippen molar-refractivity contribution in [1.29, 1.82) is 0 Å². The quantitative estimate of drug-likeness (QED) is 0.895. The van der Waals surface area contributed by atoms with E-state index in [0.717, 1.165) is 24.0 Å². The molecule has 0 bridgehead atoms. The lowest BCUT2D eigenvalue weighted by molar-refractivity contribution is 0.0677. The number of rotatable bonds is 2. The SMILES string of the molecule is Cc1cc(Cl)c(C(=O)N2CCCC2CO)cc1C. The van der Waals surface area contributed by atoms with Gasteiger partial charge in [0.1, 0.15) is 0 Å². The average Bonchev–Trinajstić information content (AvgIpc) is 2.81. The monoisotopic (exact) mass is 267 g/mol. The second kappa shape index (κ2) is 5.29. The number of nitrogens with zero attached hydrogens (tertiary/aromatic N) is 1. The van der Waals surface area contributed by atoms with Gasteiger partial charge in [-0.1, -0.05) is 11.6 Å². The number of hydrogen-bond acceptors (Lipinski definition) is 2. The van der Waals surface area contributed by atoms with E-state index in [1.54, 1.807) is 4.90 Å². The van der Waals surface area contributed by atoms with Crippen LogP contribution in [-0.2, 0) is 0 Å². The Hall–Kier alpha value is -1.06. The van der Waals surface area contributed by atoms with Gasteiger partial charge in [0.25, 0.3) is 5.91 Å². The van der Waals surface area contributed by atoms with Gasteiger partial charge in [0.15, 0.2) is 0 Å². The van der Waals surface area contributed by atoms with Crippen molar-refractivity contribution in [3.8, 4) is 0 Å². The minimum absolute atomic E-state index is 0.0220. The molecule has 98 valence electrons. The summed E-state index contributed by atoms with van der Waals surface area (Å²) < 4.78 is 0. The van der Waals surface area contributed by atoms with E-state index in [1.807, 2.05) is 26.0 Å². The number of hydrogen-bond donors (Lipinski definition) is 1. The molecule has 1 aromatic rings. The molecule has 1 fully saturated rings. The van der Waals surface area contributed by atoms with Gasteiger partial charge in [-0.05, 0) is 49.9 Å². The summed E-state index contributed by atoms with van der Waals surface area (Å²) in [6, 6.07) is 3.61. The van der Waals surface area contributed by atoms with E-state index in [0.29, 0.717) is 17.1 Å². The number of benzene rings is 1. The smallest absolute Gasteiger partial charge is 0.255 e. The highest BCUT2D eigenvalue weighted by Crippen LogP contribution is 2.26. The standard InChI is InChI=1S/C14H18ClNO2/c1-9-6-12(13(15)7-10(9)2)14(18)16-5-3-4-11(16)8-17/h6-7,11,17H,3-5,8H2,1-2H3. The molecule has 1 heterocycles. The predicted octanol–water partition coefficient (Wildman–Crippen LogP) is 2.55. The highest BCUT2D eigenvalue weighted by Gasteiger charge is 2.29. The lowest BCUT2D eigenvalue weighted by Crippen LogP contribution is -2.37. The number of amides is 1. The van der Waals surface area contributed by atoms with Gasteiger partial charge in [-0.25, -0.2) is 0 Å². The van der Waals surface area contributed by atoms with Crippen molar-refractivity contribution in [2.24, 2.45) is 0 Å². The van der Waals surface area contributed by atoms with Crippen LogP contribution in [0.1, 0.15) is 34.3 Å². The molecule has 1 N–H and O–H groups in total. The molecule has 0 spiro atoms. The molecule has 1 atom stereocenters. The Morgan fingerprint density at radius 1 is 1.44 bits per heavy atom. The molecule has 1 aliphatic rings. The summed E-state index contributed by atoms with van der Waals surface area (Å²) in [7, 11) is 0. The lowest BCUT2D eigenvalue weighted by atomic mass is 10.0. The summed E-state index contributed by atoms with van der Waals surface area (Å²) >= 11 is 6.16. The van der Waals surface area contributed by atoms with Crippen LogP contribution in [0.25, 0.3) is 0 Å². The van der Waals surface area contributed by atoms with Gasteiger partial charge in [0.05, 0.1) is 23.2 Å². The minimum atomic E-state index is -0.0698. The summed E-state index contributed by atoms with van der Waals surface area (Å²) in [4.78, 5) is 14.2. The first-order chi connectivity index (χ1) is 8.54. The Balaban J connectivity index is 2.31. The van der Waals surface area contributed by atoms with Crippen molar-refractivity contribution in [1.82, 2.24) is 4.90 Å². The fourth-order valence-corrected chi connectivity index (χ4v) is 2.69. The van der Waals surface area contributed by atoms with Crippen LogP contribution in [0.3, 0.4) is 0 Å². The zero-order valence-corrected chi connectivity index (χ0v) is 11.5. The lowest BCUT2D eigenvalue weighted by Gasteiger charge is -2.23. The van der Waals surface area contributed by atoms with Crippen LogP contribution < -0.4 is 0 Å². The molecule has 0 aromatic heterocycles. The first-order valence-electron chi connectivity index (χ1n) is 6.23. The topological polar surface area (TPSA) is 40.5 Å². The van der Waals surface area contributed by atoms with Gasteiger partial charge in [-0.15, -0.1) is 0 Å². The van der Waals surface area contributed by atoms with Crippen LogP contribution in [-0.4, -0.2) is 35.1 Å². The molecule has 0 radical (unpaired) electrons. The highest BCUT2D eigenvalue weighted by molar-refractivity contribution is 6.34. The van der Waals surface area contributed by atoms with Gasteiger partial charge >= 0.3 is 0 Å². The molecule has 2 rings (SSSR count). The van der Waals surface area contributed by atoms with Crippen LogP contribution in [0.2, 0.25) is 5.02 Å².